The SMILES string of the molecule is N#CC1CN(C(=O)CC2CCC2)CCO1. The molecule has 2 aliphatic rings. The van der Waals surface area contributed by atoms with Crippen molar-refractivity contribution in [3.63, 3.8) is 0 Å². The van der Waals surface area contributed by atoms with E-state index in [-0.39, 0.29) is 5.91 Å². The summed E-state index contributed by atoms with van der Waals surface area (Å²) in [5.41, 5.74) is 0. The molecule has 1 saturated heterocycles. The van der Waals surface area contributed by atoms with E-state index in [1.54, 1.807) is 4.90 Å². The number of carbonyl (C=O) groups excluding carboxylic acids is 1. The van der Waals surface area contributed by atoms with Gasteiger partial charge in [0.25, 0.3) is 0 Å². The maximum absolute atomic E-state index is 11.8. The van der Waals surface area contributed by atoms with Gasteiger partial charge in [-0.2, -0.15) is 5.26 Å². The summed E-state index contributed by atoms with van der Waals surface area (Å²) in [7, 11) is 0. The number of hydrogen-bond acceptors (Lipinski definition) is 3. The van der Waals surface area contributed by atoms with Crippen LogP contribution in [0.4, 0.5) is 0 Å². The predicted molar refractivity (Wildman–Crippen MR) is 53.9 cm³/mol. The van der Waals surface area contributed by atoms with Crippen LogP contribution < -0.4 is 0 Å². The van der Waals surface area contributed by atoms with E-state index < -0.39 is 6.10 Å². The molecule has 1 atom stereocenters. The summed E-state index contributed by atoms with van der Waals surface area (Å²) in [5.74, 6) is 0.795. The van der Waals surface area contributed by atoms with Gasteiger partial charge >= 0.3 is 0 Å². The van der Waals surface area contributed by atoms with Gasteiger partial charge < -0.3 is 9.64 Å². The highest BCUT2D eigenvalue weighted by molar-refractivity contribution is 5.76. The van der Waals surface area contributed by atoms with Gasteiger partial charge in [0, 0.05) is 13.0 Å². The molecule has 0 aromatic carbocycles. The molecule has 82 valence electrons. The van der Waals surface area contributed by atoms with Crippen LogP contribution in [-0.2, 0) is 9.53 Å². The summed E-state index contributed by atoms with van der Waals surface area (Å²) in [6, 6.07) is 2.05. The summed E-state index contributed by atoms with van der Waals surface area (Å²) in [6.45, 7) is 1.58. The van der Waals surface area contributed by atoms with Crippen LogP contribution >= 0.6 is 0 Å². The van der Waals surface area contributed by atoms with Crippen molar-refractivity contribution in [2.24, 2.45) is 5.92 Å². The van der Waals surface area contributed by atoms with Gasteiger partial charge in [-0.25, -0.2) is 0 Å². The fourth-order valence-electron chi connectivity index (χ4n) is 2.03. The van der Waals surface area contributed by atoms with Gasteiger partial charge in [-0.3, -0.25) is 4.79 Å². The molecule has 1 amide bonds. The highest BCUT2D eigenvalue weighted by Crippen LogP contribution is 2.30. The lowest BCUT2D eigenvalue weighted by Crippen LogP contribution is -2.45. The summed E-state index contributed by atoms with van der Waals surface area (Å²) in [4.78, 5) is 13.6. The largest absolute Gasteiger partial charge is 0.360 e. The standard InChI is InChI=1S/C11H16N2O2/c12-7-10-8-13(4-5-15-10)11(14)6-9-2-1-3-9/h9-10H,1-6,8H2. The van der Waals surface area contributed by atoms with Crippen LogP contribution in [0.3, 0.4) is 0 Å². The van der Waals surface area contributed by atoms with E-state index in [2.05, 4.69) is 6.07 Å². The molecular weight excluding hydrogens is 192 g/mol. The van der Waals surface area contributed by atoms with E-state index in [1.807, 2.05) is 0 Å². The average molecular weight is 208 g/mol. The zero-order chi connectivity index (χ0) is 10.7. The molecule has 2 rings (SSSR count). The molecule has 1 aliphatic carbocycles. The first kappa shape index (κ1) is 10.4. The second kappa shape index (κ2) is 4.63. The van der Waals surface area contributed by atoms with E-state index in [0.717, 1.165) is 0 Å². The zero-order valence-electron chi connectivity index (χ0n) is 8.82. The summed E-state index contributed by atoms with van der Waals surface area (Å²) in [5, 5.41) is 8.72. The molecule has 2 fully saturated rings. The summed E-state index contributed by atoms with van der Waals surface area (Å²) in [6.07, 6.45) is 3.89. The Balaban J connectivity index is 1.81. The number of ether oxygens (including phenoxy) is 1. The van der Waals surface area contributed by atoms with Crippen LogP contribution in [-0.4, -0.2) is 36.6 Å². The van der Waals surface area contributed by atoms with Crippen molar-refractivity contribution in [2.75, 3.05) is 19.7 Å². The summed E-state index contributed by atoms with van der Waals surface area (Å²) >= 11 is 0. The van der Waals surface area contributed by atoms with Gasteiger partial charge in [-0.15, -0.1) is 0 Å². The lowest BCUT2D eigenvalue weighted by Gasteiger charge is -2.32. The second-order valence-corrected chi connectivity index (χ2v) is 4.33. The number of carbonyl (C=O) groups is 1. The third-order valence-corrected chi connectivity index (χ3v) is 3.25. The van der Waals surface area contributed by atoms with E-state index in [0.29, 0.717) is 32.0 Å². The van der Waals surface area contributed by atoms with Crippen LogP contribution in [0.15, 0.2) is 0 Å². The predicted octanol–water partition coefficient (Wildman–Crippen LogP) is 0.928. The molecule has 0 radical (unpaired) electrons. The fourth-order valence-corrected chi connectivity index (χ4v) is 2.03. The number of amides is 1. The normalized spacial score (nSPS) is 26.9. The monoisotopic (exact) mass is 208 g/mol. The number of morpholine rings is 1. The fraction of sp³-hybridized carbons (Fsp3) is 0.818. The van der Waals surface area contributed by atoms with Crippen molar-refractivity contribution in [1.82, 2.24) is 4.90 Å². The van der Waals surface area contributed by atoms with Gasteiger partial charge in [-0.1, -0.05) is 6.42 Å². The highest BCUT2D eigenvalue weighted by atomic mass is 16.5. The van der Waals surface area contributed by atoms with Crippen LogP contribution in [0.5, 0.6) is 0 Å². The smallest absolute Gasteiger partial charge is 0.223 e. The topological polar surface area (TPSA) is 53.3 Å². The second-order valence-electron chi connectivity index (χ2n) is 4.33. The molecule has 0 aromatic rings. The van der Waals surface area contributed by atoms with Crippen LogP contribution in [0.25, 0.3) is 0 Å². The molecule has 0 N–H and O–H groups in total. The van der Waals surface area contributed by atoms with Gasteiger partial charge in [0.15, 0.2) is 6.10 Å². The molecule has 1 heterocycles. The third kappa shape index (κ3) is 2.48. The first-order valence-electron chi connectivity index (χ1n) is 5.58. The number of nitriles is 1. The van der Waals surface area contributed by atoms with Crippen LogP contribution in [0, 0.1) is 17.2 Å². The summed E-state index contributed by atoms with van der Waals surface area (Å²) < 4.78 is 5.20. The minimum atomic E-state index is -0.427. The maximum Gasteiger partial charge on any atom is 0.223 e. The van der Waals surface area contributed by atoms with Crippen molar-refractivity contribution < 1.29 is 9.53 Å². The quantitative estimate of drug-likeness (QED) is 0.678. The van der Waals surface area contributed by atoms with E-state index >= 15 is 0 Å². The van der Waals surface area contributed by atoms with Gasteiger partial charge in [0.2, 0.25) is 5.91 Å². The Kier molecular flexibility index (Phi) is 3.22. The molecule has 1 saturated carbocycles. The maximum atomic E-state index is 11.8. The van der Waals surface area contributed by atoms with Crippen molar-refractivity contribution in [2.45, 2.75) is 31.8 Å². The Bertz CT molecular complexity index is 281. The first-order valence-corrected chi connectivity index (χ1v) is 5.58. The van der Waals surface area contributed by atoms with Gasteiger partial charge in [0.1, 0.15) is 0 Å². The minimum absolute atomic E-state index is 0.197. The molecule has 4 nitrogen and oxygen atoms in total. The lowest BCUT2D eigenvalue weighted by atomic mass is 9.82. The Hall–Kier alpha value is -1.08. The molecule has 15 heavy (non-hydrogen) atoms. The Morgan fingerprint density at radius 2 is 2.33 bits per heavy atom. The molecule has 4 heteroatoms. The van der Waals surface area contributed by atoms with Crippen molar-refractivity contribution in [1.29, 1.82) is 5.26 Å². The molecule has 1 unspecified atom stereocenters. The van der Waals surface area contributed by atoms with Crippen LogP contribution in [0.2, 0.25) is 0 Å². The Morgan fingerprint density at radius 1 is 1.53 bits per heavy atom. The van der Waals surface area contributed by atoms with Crippen molar-refractivity contribution in [3.05, 3.63) is 0 Å². The van der Waals surface area contributed by atoms with E-state index in [4.69, 9.17) is 10.00 Å². The number of nitrogens with zero attached hydrogens (tertiary/aromatic N) is 2. The van der Waals surface area contributed by atoms with Gasteiger partial charge in [0.05, 0.1) is 19.2 Å². The first-order chi connectivity index (χ1) is 7.29. The zero-order valence-corrected chi connectivity index (χ0v) is 8.82. The Labute approximate surface area is 89.8 Å². The molecule has 0 spiro atoms. The van der Waals surface area contributed by atoms with Crippen molar-refractivity contribution >= 4 is 5.91 Å². The average Bonchev–Trinajstić information content (AvgIpc) is 2.23. The number of hydrogen-bond donors (Lipinski definition) is 0. The Morgan fingerprint density at radius 3 is 2.93 bits per heavy atom. The molecular formula is C11H16N2O2. The van der Waals surface area contributed by atoms with Crippen LogP contribution in [0.1, 0.15) is 25.7 Å². The molecule has 1 aliphatic heterocycles. The lowest BCUT2D eigenvalue weighted by molar-refractivity contribution is -0.138. The van der Waals surface area contributed by atoms with E-state index in [9.17, 15) is 4.79 Å². The van der Waals surface area contributed by atoms with Crippen molar-refractivity contribution in [3.8, 4) is 6.07 Å². The highest BCUT2D eigenvalue weighted by Gasteiger charge is 2.27. The van der Waals surface area contributed by atoms with Gasteiger partial charge in [-0.05, 0) is 18.8 Å². The number of rotatable bonds is 2. The van der Waals surface area contributed by atoms with E-state index in [1.165, 1.54) is 19.3 Å². The third-order valence-electron chi connectivity index (χ3n) is 3.25. The molecule has 0 bridgehead atoms. The minimum Gasteiger partial charge on any atom is -0.360 e. The molecule has 0 aromatic heterocycles.